The molecule has 4 rings (SSSR count). The molecule has 0 aliphatic heterocycles. The topological polar surface area (TPSA) is 60.1 Å². The molecule has 2 aromatic heterocycles. The average molecular weight is 525 g/mol. The average Bonchev–Trinajstić information content (AvgIpc) is 2.87. The van der Waals surface area contributed by atoms with Crippen LogP contribution in [0.2, 0.25) is 5.02 Å². The smallest absolute Gasteiger partial charge is 0.304 e. The molecule has 0 fully saturated rings. The zero-order valence-corrected chi connectivity index (χ0v) is 21.4. The van der Waals surface area contributed by atoms with Crippen LogP contribution in [0.15, 0.2) is 76.4 Å². The predicted octanol–water partition coefficient (Wildman–Crippen LogP) is 4.53. The van der Waals surface area contributed by atoms with Crippen molar-refractivity contribution in [1.82, 2.24) is 19.0 Å². The third kappa shape index (κ3) is 6.03. The maximum atomic E-state index is 14.5. The number of rotatable bonds is 9. The molecule has 0 saturated carbocycles. The van der Waals surface area contributed by atoms with Gasteiger partial charge in [-0.05, 0) is 55.9 Å². The van der Waals surface area contributed by atoms with Gasteiger partial charge in [-0.25, -0.2) is 13.6 Å². The Kier molecular flexibility index (Phi) is 8.31. The Morgan fingerprint density at radius 3 is 2.35 bits per heavy atom. The highest BCUT2D eigenvalue weighted by Gasteiger charge is 2.20. The lowest BCUT2D eigenvalue weighted by molar-refractivity contribution is 0.315. The van der Waals surface area contributed by atoms with E-state index in [4.69, 9.17) is 11.6 Å². The summed E-state index contributed by atoms with van der Waals surface area (Å²) in [7, 11) is 1.90. The predicted molar refractivity (Wildman–Crippen MR) is 141 cm³/mol. The van der Waals surface area contributed by atoms with E-state index in [2.05, 4.69) is 4.98 Å². The number of nitrogens with zero attached hydrogens (tertiary/aromatic N) is 4. The van der Waals surface area contributed by atoms with Gasteiger partial charge in [0, 0.05) is 54.2 Å². The highest BCUT2D eigenvalue weighted by molar-refractivity contribution is 6.30. The van der Waals surface area contributed by atoms with Crippen LogP contribution in [0, 0.1) is 18.6 Å². The standard InChI is InChI=1S/C28H27ClF2N4O2/c1-19-26(20-7-5-8-21(29)17-20)27(36)34(16-15-33(2)14-12-22-9-3-4-13-32-22)28(37)35(19)18-23-24(30)10-6-11-25(23)31/h3-11,13,17H,12,14-16,18H2,1-2H3. The number of pyridine rings is 1. The first-order valence-electron chi connectivity index (χ1n) is 11.9. The van der Waals surface area contributed by atoms with E-state index in [1.165, 1.54) is 10.6 Å². The van der Waals surface area contributed by atoms with Crippen molar-refractivity contribution in [2.24, 2.45) is 0 Å². The minimum absolute atomic E-state index is 0.101. The Morgan fingerprint density at radius 2 is 1.68 bits per heavy atom. The Hall–Kier alpha value is -3.62. The van der Waals surface area contributed by atoms with Crippen molar-refractivity contribution in [3.63, 3.8) is 0 Å². The molecule has 4 aromatic rings. The van der Waals surface area contributed by atoms with Gasteiger partial charge >= 0.3 is 5.69 Å². The first-order valence-corrected chi connectivity index (χ1v) is 12.3. The molecule has 0 N–H and O–H groups in total. The summed E-state index contributed by atoms with van der Waals surface area (Å²) in [5.41, 5.74) is 0.675. The van der Waals surface area contributed by atoms with Crippen LogP contribution >= 0.6 is 11.6 Å². The van der Waals surface area contributed by atoms with E-state index in [1.807, 2.05) is 30.1 Å². The fourth-order valence-electron chi connectivity index (χ4n) is 4.24. The second-order valence-electron chi connectivity index (χ2n) is 8.87. The van der Waals surface area contributed by atoms with E-state index < -0.39 is 22.9 Å². The molecule has 0 atom stereocenters. The minimum Gasteiger partial charge on any atom is -0.304 e. The van der Waals surface area contributed by atoms with E-state index in [1.54, 1.807) is 37.4 Å². The van der Waals surface area contributed by atoms with Crippen LogP contribution in [0.25, 0.3) is 11.1 Å². The van der Waals surface area contributed by atoms with Crippen LogP contribution in [0.4, 0.5) is 8.78 Å². The van der Waals surface area contributed by atoms with E-state index in [-0.39, 0.29) is 24.2 Å². The van der Waals surface area contributed by atoms with Gasteiger partial charge in [0.15, 0.2) is 0 Å². The van der Waals surface area contributed by atoms with E-state index in [9.17, 15) is 18.4 Å². The molecule has 0 aliphatic carbocycles. The Morgan fingerprint density at radius 1 is 0.946 bits per heavy atom. The van der Waals surface area contributed by atoms with Gasteiger partial charge in [0.1, 0.15) is 11.6 Å². The van der Waals surface area contributed by atoms with Gasteiger partial charge in [0.2, 0.25) is 0 Å². The molecule has 9 heteroatoms. The first-order chi connectivity index (χ1) is 17.8. The summed E-state index contributed by atoms with van der Waals surface area (Å²) in [4.78, 5) is 33.4. The van der Waals surface area contributed by atoms with Crippen LogP contribution in [0.3, 0.4) is 0 Å². The maximum absolute atomic E-state index is 14.5. The summed E-state index contributed by atoms with van der Waals surface area (Å²) in [6.45, 7) is 2.43. The van der Waals surface area contributed by atoms with Crippen molar-refractivity contribution < 1.29 is 8.78 Å². The van der Waals surface area contributed by atoms with Crippen LogP contribution < -0.4 is 11.2 Å². The van der Waals surface area contributed by atoms with Gasteiger partial charge in [-0.1, -0.05) is 35.9 Å². The summed E-state index contributed by atoms with van der Waals surface area (Å²) in [5.74, 6) is -1.52. The SMILES string of the molecule is Cc1c(-c2cccc(Cl)c2)c(=O)n(CCN(C)CCc2ccccn2)c(=O)n1Cc1c(F)cccc1F. The normalized spacial score (nSPS) is 11.3. The molecular weight excluding hydrogens is 498 g/mol. The number of halogens is 3. The third-order valence-electron chi connectivity index (χ3n) is 6.36. The Bertz CT molecular complexity index is 1500. The number of aromatic nitrogens is 3. The molecule has 0 unspecified atom stereocenters. The quantitative estimate of drug-likeness (QED) is 0.323. The summed E-state index contributed by atoms with van der Waals surface area (Å²) in [6, 6.07) is 16.0. The fourth-order valence-corrected chi connectivity index (χ4v) is 4.43. The maximum Gasteiger partial charge on any atom is 0.331 e. The molecule has 2 aromatic carbocycles. The number of hydrogen-bond donors (Lipinski definition) is 0. The van der Waals surface area contributed by atoms with E-state index in [0.717, 1.165) is 22.4 Å². The van der Waals surface area contributed by atoms with Gasteiger partial charge in [-0.15, -0.1) is 0 Å². The van der Waals surface area contributed by atoms with Crippen molar-refractivity contribution in [3.8, 4) is 11.1 Å². The molecule has 37 heavy (non-hydrogen) atoms. The van der Waals surface area contributed by atoms with Crippen LogP contribution in [-0.2, 0) is 19.5 Å². The summed E-state index contributed by atoms with van der Waals surface area (Å²) in [5, 5.41) is 0.426. The molecule has 0 radical (unpaired) electrons. The highest BCUT2D eigenvalue weighted by atomic mass is 35.5. The third-order valence-corrected chi connectivity index (χ3v) is 6.59. The van der Waals surface area contributed by atoms with Crippen molar-refractivity contribution in [2.45, 2.75) is 26.4 Å². The first kappa shape index (κ1) is 26.4. The Labute approximate surface area is 218 Å². The van der Waals surface area contributed by atoms with Gasteiger partial charge in [-0.2, -0.15) is 0 Å². The summed E-state index contributed by atoms with van der Waals surface area (Å²) >= 11 is 6.18. The molecular formula is C28H27ClF2N4O2. The van der Waals surface area contributed by atoms with Crippen LogP contribution in [0.1, 0.15) is 17.0 Å². The lowest BCUT2D eigenvalue weighted by Gasteiger charge is -2.20. The number of likely N-dealkylation sites (N-methyl/N-ethyl adjacent to an activating group) is 1. The zero-order chi connectivity index (χ0) is 26.5. The molecule has 0 aliphatic rings. The number of hydrogen-bond acceptors (Lipinski definition) is 4. The fraction of sp³-hybridized carbons (Fsp3) is 0.250. The molecule has 6 nitrogen and oxygen atoms in total. The van der Waals surface area contributed by atoms with Crippen LogP contribution in [-0.4, -0.2) is 39.2 Å². The van der Waals surface area contributed by atoms with Gasteiger partial charge in [-0.3, -0.25) is 18.9 Å². The van der Waals surface area contributed by atoms with Gasteiger partial charge in [0.25, 0.3) is 5.56 Å². The van der Waals surface area contributed by atoms with E-state index >= 15 is 0 Å². The summed E-state index contributed by atoms with van der Waals surface area (Å²) < 4.78 is 31.3. The molecule has 0 saturated heterocycles. The second-order valence-corrected chi connectivity index (χ2v) is 9.31. The monoisotopic (exact) mass is 524 g/mol. The Balaban J connectivity index is 1.72. The highest BCUT2D eigenvalue weighted by Crippen LogP contribution is 2.23. The minimum atomic E-state index is -0.761. The molecule has 2 heterocycles. The zero-order valence-electron chi connectivity index (χ0n) is 20.6. The number of benzene rings is 2. The van der Waals surface area contributed by atoms with Crippen molar-refractivity contribution in [1.29, 1.82) is 0 Å². The molecule has 0 bridgehead atoms. The van der Waals surface area contributed by atoms with Crippen molar-refractivity contribution in [2.75, 3.05) is 20.1 Å². The lowest BCUT2D eigenvalue weighted by atomic mass is 10.1. The van der Waals surface area contributed by atoms with E-state index in [0.29, 0.717) is 35.8 Å². The second kappa shape index (κ2) is 11.6. The van der Waals surface area contributed by atoms with Crippen LogP contribution in [0.5, 0.6) is 0 Å². The van der Waals surface area contributed by atoms with Gasteiger partial charge < -0.3 is 4.90 Å². The summed E-state index contributed by atoms with van der Waals surface area (Å²) in [6.07, 6.45) is 2.45. The lowest BCUT2D eigenvalue weighted by Crippen LogP contribution is -2.44. The largest absolute Gasteiger partial charge is 0.331 e. The molecule has 0 amide bonds. The molecule has 192 valence electrons. The van der Waals surface area contributed by atoms with Gasteiger partial charge in [0.05, 0.1) is 12.1 Å². The van der Waals surface area contributed by atoms with Crippen molar-refractivity contribution in [3.05, 3.63) is 121 Å². The van der Waals surface area contributed by atoms with Crippen molar-refractivity contribution >= 4 is 11.6 Å². The molecule has 0 spiro atoms.